The summed E-state index contributed by atoms with van der Waals surface area (Å²) < 4.78 is 19.6. The van der Waals surface area contributed by atoms with Crippen LogP contribution in [0.15, 0.2) is 0 Å². The first kappa shape index (κ1) is 24.1. The number of rotatable bonds is 14. The first-order valence-corrected chi connectivity index (χ1v) is 8.30. The Balaban J connectivity index is 4.60. The molecule has 0 aliphatic heterocycles. The number of esters is 2. The second kappa shape index (κ2) is 14.3. The molecule has 26 heavy (non-hydrogen) atoms. The minimum Gasteiger partial charge on any atom is -0.465 e. The van der Waals surface area contributed by atoms with Crippen LogP contribution in [0.5, 0.6) is 0 Å². The van der Waals surface area contributed by atoms with Crippen LogP contribution in [0, 0.1) is 5.41 Å². The van der Waals surface area contributed by atoms with E-state index >= 15 is 0 Å². The van der Waals surface area contributed by atoms with Crippen molar-refractivity contribution in [3.63, 3.8) is 0 Å². The second-order valence-electron chi connectivity index (χ2n) is 5.90. The fraction of sp³-hybridized carbons (Fsp3) is 0.812. The van der Waals surface area contributed by atoms with Gasteiger partial charge in [0, 0.05) is 26.1 Å². The van der Waals surface area contributed by atoms with Gasteiger partial charge in [0.15, 0.2) is 0 Å². The molecule has 0 spiro atoms. The summed E-state index contributed by atoms with van der Waals surface area (Å²) in [6.07, 6.45) is -0.431. The van der Waals surface area contributed by atoms with E-state index in [0.29, 0.717) is 0 Å². The van der Waals surface area contributed by atoms with E-state index in [9.17, 15) is 14.4 Å². The van der Waals surface area contributed by atoms with Crippen molar-refractivity contribution in [2.75, 3.05) is 46.2 Å². The summed E-state index contributed by atoms with van der Waals surface area (Å²) in [4.78, 5) is 34.5. The van der Waals surface area contributed by atoms with Crippen molar-refractivity contribution in [2.24, 2.45) is 5.41 Å². The number of aliphatic hydroxyl groups is 3. The lowest BCUT2D eigenvalue weighted by molar-refractivity contribution is -0.155. The molecule has 10 nitrogen and oxygen atoms in total. The maximum atomic E-state index is 11.6. The summed E-state index contributed by atoms with van der Waals surface area (Å²) in [5.74, 6) is -1.08. The van der Waals surface area contributed by atoms with Crippen LogP contribution >= 0.6 is 0 Å². The van der Waals surface area contributed by atoms with E-state index in [1.807, 2.05) is 0 Å². The summed E-state index contributed by atoms with van der Waals surface area (Å²) in [5.41, 5.74) is -1.01. The van der Waals surface area contributed by atoms with Gasteiger partial charge in [-0.1, -0.05) is 0 Å². The van der Waals surface area contributed by atoms with Crippen LogP contribution in [0.25, 0.3) is 0 Å². The normalized spacial score (nSPS) is 10.9. The highest BCUT2D eigenvalue weighted by Crippen LogP contribution is 2.20. The highest BCUT2D eigenvalue weighted by atomic mass is 16.7. The molecule has 0 aromatic carbocycles. The first-order chi connectivity index (χ1) is 12.4. The molecule has 0 aliphatic rings. The molecule has 0 aliphatic carbocycles. The molecule has 0 aromatic heterocycles. The van der Waals surface area contributed by atoms with Crippen LogP contribution < -0.4 is 0 Å². The van der Waals surface area contributed by atoms with E-state index in [4.69, 9.17) is 29.5 Å². The molecule has 152 valence electrons. The van der Waals surface area contributed by atoms with Gasteiger partial charge in [0.2, 0.25) is 0 Å². The molecular weight excluding hydrogens is 352 g/mol. The molecule has 0 radical (unpaired) electrons. The number of carbonyl (C=O) groups excluding carboxylic acids is 3. The molecular formula is C16H28O10. The van der Waals surface area contributed by atoms with Crippen LogP contribution in [0.1, 0.15) is 32.6 Å². The van der Waals surface area contributed by atoms with Crippen molar-refractivity contribution in [1.82, 2.24) is 0 Å². The predicted octanol–water partition coefficient (Wildman–Crippen LogP) is -0.230. The van der Waals surface area contributed by atoms with E-state index in [0.717, 1.165) is 0 Å². The van der Waals surface area contributed by atoms with Gasteiger partial charge >= 0.3 is 18.1 Å². The third-order valence-electron chi connectivity index (χ3n) is 3.09. The molecule has 10 heteroatoms. The maximum absolute atomic E-state index is 11.6. The zero-order valence-electron chi connectivity index (χ0n) is 15.0. The molecule has 0 rings (SSSR count). The van der Waals surface area contributed by atoms with Crippen LogP contribution in [-0.4, -0.2) is 79.7 Å². The lowest BCUT2D eigenvalue weighted by Crippen LogP contribution is -2.37. The Kier molecular flexibility index (Phi) is 13.2. The van der Waals surface area contributed by atoms with Crippen molar-refractivity contribution in [1.29, 1.82) is 0 Å². The number of hydrogen-bond acceptors (Lipinski definition) is 10. The molecule has 0 saturated carbocycles. The van der Waals surface area contributed by atoms with Gasteiger partial charge in [0.1, 0.15) is 26.4 Å². The molecule has 0 aromatic rings. The predicted molar refractivity (Wildman–Crippen MR) is 87.1 cm³/mol. The molecule has 0 unspecified atom stereocenters. The van der Waals surface area contributed by atoms with Crippen molar-refractivity contribution < 1.29 is 48.7 Å². The van der Waals surface area contributed by atoms with Crippen LogP contribution in [0.3, 0.4) is 0 Å². The topological polar surface area (TPSA) is 149 Å². The molecule has 0 saturated heterocycles. The third-order valence-corrected chi connectivity index (χ3v) is 3.09. The SMILES string of the molecule is CC(COC(=O)CCCO)(COC(=O)CCCO)COC(=O)OCCO. The molecule has 0 atom stereocenters. The summed E-state index contributed by atoms with van der Waals surface area (Å²) in [6.45, 7) is 0.112. The van der Waals surface area contributed by atoms with Crippen molar-refractivity contribution in [3.8, 4) is 0 Å². The summed E-state index contributed by atoms with van der Waals surface area (Å²) in [6, 6.07) is 0. The molecule has 0 bridgehead atoms. The second-order valence-corrected chi connectivity index (χ2v) is 5.90. The molecule has 0 amide bonds. The zero-order valence-corrected chi connectivity index (χ0v) is 15.0. The Morgan fingerprint density at radius 2 is 1.19 bits per heavy atom. The number of ether oxygens (including phenoxy) is 4. The van der Waals surface area contributed by atoms with Gasteiger partial charge in [-0.3, -0.25) is 9.59 Å². The Morgan fingerprint density at radius 1 is 0.731 bits per heavy atom. The Hall–Kier alpha value is -1.91. The van der Waals surface area contributed by atoms with Gasteiger partial charge in [-0.05, 0) is 19.8 Å². The largest absolute Gasteiger partial charge is 0.508 e. The molecule has 3 N–H and O–H groups in total. The monoisotopic (exact) mass is 380 g/mol. The third kappa shape index (κ3) is 12.5. The minimum atomic E-state index is -1.01. The van der Waals surface area contributed by atoms with E-state index < -0.39 is 23.5 Å². The first-order valence-electron chi connectivity index (χ1n) is 8.30. The van der Waals surface area contributed by atoms with Crippen molar-refractivity contribution in [2.45, 2.75) is 32.6 Å². The number of carbonyl (C=O) groups is 3. The minimum absolute atomic E-state index is 0.0300. The molecule has 0 fully saturated rings. The van der Waals surface area contributed by atoms with E-state index in [-0.39, 0.29) is 71.9 Å². The smallest absolute Gasteiger partial charge is 0.465 e. The fourth-order valence-corrected chi connectivity index (χ4v) is 1.63. The van der Waals surface area contributed by atoms with Crippen molar-refractivity contribution >= 4 is 18.1 Å². The van der Waals surface area contributed by atoms with Gasteiger partial charge in [-0.15, -0.1) is 0 Å². The average Bonchev–Trinajstić information content (AvgIpc) is 2.64. The summed E-state index contributed by atoms with van der Waals surface area (Å²) >= 11 is 0. The number of hydrogen-bond donors (Lipinski definition) is 3. The van der Waals surface area contributed by atoms with Gasteiger partial charge in [-0.25, -0.2) is 4.79 Å². The lowest BCUT2D eigenvalue weighted by atomic mass is 9.94. The Morgan fingerprint density at radius 3 is 1.62 bits per heavy atom. The van der Waals surface area contributed by atoms with E-state index in [1.54, 1.807) is 6.92 Å². The highest BCUT2D eigenvalue weighted by Gasteiger charge is 2.31. The van der Waals surface area contributed by atoms with E-state index in [1.165, 1.54) is 0 Å². The zero-order chi connectivity index (χ0) is 19.8. The standard InChI is InChI=1S/C16H28O10/c1-16(10-24-13(20)4-2-6-17,11-25-14(21)5-3-7-18)12-26-15(22)23-9-8-19/h17-19H,2-12H2,1H3. The van der Waals surface area contributed by atoms with Gasteiger partial charge in [0.25, 0.3) is 0 Å². The van der Waals surface area contributed by atoms with Crippen molar-refractivity contribution in [3.05, 3.63) is 0 Å². The lowest BCUT2D eigenvalue weighted by Gasteiger charge is -2.27. The van der Waals surface area contributed by atoms with Gasteiger partial charge in [-0.2, -0.15) is 0 Å². The highest BCUT2D eigenvalue weighted by molar-refractivity contribution is 5.70. The Labute approximate surface area is 152 Å². The number of aliphatic hydroxyl groups excluding tert-OH is 3. The maximum Gasteiger partial charge on any atom is 0.508 e. The van der Waals surface area contributed by atoms with Crippen LogP contribution in [0.2, 0.25) is 0 Å². The molecule has 0 heterocycles. The van der Waals surface area contributed by atoms with Gasteiger partial charge in [0.05, 0.1) is 12.0 Å². The fourth-order valence-electron chi connectivity index (χ4n) is 1.63. The summed E-state index contributed by atoms with van der Waals surface area (Å²) in [7, 11) is 0. The van der Waals surface area contributed by atoms with Crippen LogP contribution in [0.4, 0.5) is 4.79 Å². The summed E-state index contributed by atoms with van der Waals surface area (Å²) in [5, 5.41) is 26.0. The van der Waals surface area contributed by atoms with Gasteiger partial charge < -0.3 is 34.3 Å². The van der Waals surface area contributed by atoms with E-state index in [2.05, 4.69) is 4.74 Å². The Bertz CT molecular complexity index is 363. The van der Waals surface area contributed by atoms with Crippen LogP contribution in [-0.2, 0) is 28.5 Å². The quantitative estimate of drug-likeness (QED) is 0.272. The average molecular weight is 380 g/mol.